The summed E-state index contributed by atoms with van der Waals surface area (Å²) in [6, 6.07) is 0. The van der Waals surface area contributed by atoms with Crippen LogP contribution in [0, 0.1) is 0 Å². The highest BCUT2D eigenvalue weighted by Crippen LogP contribution is 2.20. The molecule has 2 N–H and O–H groups in total. The number of ether oxygens (including phenoxy) is 3. The lowest BCUT2D eigenvalue weighted by Crippen LogP contribution is -2.57. The maximum absolute atomic E-state index is 11.5. The molecule has 0 aliphatic carbocycles. The summed E-state index contributed by atoms with van der Waals surface area (Å²) < 4.78 is 14.5. The molecule has 0 aromatic heterocycles. The second-order valence-corrected chi connectivity index (χ2v) is 3.64. The van der Waals surface area contributed by atoms with Crippen LogP contribution in [0.25, 0.3) is 0 Å². The van der Waals surface area contributed by atoms with Gasteiger partial charge in [0.15, 0.2) is 12.2 Å². The van der Waals surface area contributed by atoms with Gasteiger partial charge in [-0.2, -0.15) is 0 Å². The van der Waals surface area contributed by atoms with Crippen molar-refractivity contribution in [2.45, 2.75) is 38.3 Å². The number of esters is 2. The van der Waals surface area contributed by atoms with E-state index in [1.165, 1.54) is 0 Å². The Balaban J connectivity index is 2.78. The van der Waals surface area contributed by atoms with Crippen molar-refractivity contribution in [3.63, 3.8) is 0 Å². The second kappa shape index (κ2) is 5.95. The zero-order valence-electron chi connectivity index (χ0n) is 9.66. The third kappa shape index (κ3) is 3.39. The summed E-state index contributed by atoms with van der Waals surface area (Å²) >= 11 is 0. The van der Waals surface area contributed by atoms with Crippen LogP contribution in [0.5, 0.6) is 0 Å². The fraction of sp³-hybridized carbons (Fsp3) is 0.800. The van der Waals surface area contributed by atoms with Gasteiger partial charge in [-0.15, -0.1) is 0 Å². The van der Waals surface area contributed by atoms with E-state index >= 15 is 0 Å². The smallest absolute Gasteiger partial charge is 0.339 e. The van der Waals surface area contributed by atoms with Crippen LogP contribution in [-0.2, 0) is 23.8 Å². The minimum atomic E-state index is -1.37. The van der Waals surface area contributed by atoms with Crippen molar-refractivity contribution in [3.05, 3.63) is 0 Å². The van der Waals surface area contributed by atoms with Crippen LogP contribution in [0.3, 0.4) is 0 Å². The largest absolute Gasteiger partial charge is 0.464 e. The topological polar surface area (TPSA) is 102 Å². The number of rotatable bonds is 3. The summed E-state index contributed by atoms with van der Waals surface area (Å²) in [6.45, 7) is 2.68. The normalized spacial score (nSPS) is 32.9. The Morgan fingerprint density at radius 2 is 2.06 bits per heavy atom. The Hall–Kier alpha value is -1.18. The van der Waals surface area contributed by atoms with Gasteiger partial charge < -0.3 is 24.4 Å². The Bertz CT molecular complexity index is 290. The Morgan fingerprint density at radius 3 is 2.59 bits per heavy atom. The number of aliphatic hydroxyl groups is 2. The van der Waals surface area contributed by atoms with E-state index < -0.39 is 36.4 Å². The Labute approximate surface area is 98.3 Å². The van der Waals surface area contributed by atoms with E-state index in [0.717, 1.165) is 6.92 Å². The quantitative estimate of drug-likeness (QED) is 0.592. The van der Waals surface area contributed by atoms with Gasteiger partial charge in [0.25, 0.3) is 0 Å². The van der Waals surface area contributed by atoms with E-state index in [1.807, 2.05) is 0 Å². The molecule has 1 fully saturated rings. The predicted octanol–water partition coefficient (Wildman–Crippen LogP) is -1.40. The minimum Gasteiger partial charge on any atom is -0.464 e. The van der Waals surface area contributed by atoms with E-state index in [-0.39, 0.29) is 13.2 Å². The van der Waals surface area contributed by atoms with Crippen molar-refractivity contribution in [1.82, 2.24) is 0 Å². The SMILES string of the molecule is CCOC(=O)C1OCC(O)[C@H](O)[C@@H]1OC(C)=O. The van der Waals surface area contributed by atoms with Gasteiger partial charge in [-0.3, -0.25) is 4.79 Å². The third-order valence-corrected chi connectivity index (χ3v) is 2.30. The molecule has 1 aliphatic heterocycles. The molecule has 0 spiro atoms. The number of hydrogen-bond donors (Lipinski definition) is 2. The highest BCUT2D eigenvalue weighted by molar-refractivity contribution is 5.76. The lowest BCUT2D eigenvalue weighted by molar-refractivity contribution is -0.216. The Kier molecular flexibility index (Phi) is 4.86. The van der Waals surface area contributed by atoms with E-state index in [1.54, 1.807) is 6.92 Å². The Morgan fingerprint density at radius 1 is 1.41 bits per heavy atom. The molecule has 0 radical (unpaired) electrons. The molecular formula is C10H16O7. The molecule has 98 valence electrons. The van der Waals surface area contributed by atoms with Crippen LogP contribution in [0.15, 0.2) is 0 Å². The molecule has 0 aromatic carbocycles. The van der Waals surface area contributed by atoms with E-state index in [0.29, 0.717) is 0 Å². The highest BCUT2D eigenvalue weighted by Gasteiger charge is 2.45. The molecule has 17 heavy (non-hydrogen) atoms. The van der Waals surface area contributed by atoms with Gasteiger partial charge in [0, 0.05) is 6.92 Å². The average molecular weight is 248 g/mol. The molecule has 0 aromatic rings. The molecule has 1 heterocycles. The first-order valence-corrected chi connectivity index (χ1v) is 5.29. The maximum atomic E-state index is 11.5. The summed E-state index contributed by atoms with van der Waals surface area (Å²) in [5, 5.41) is 19.0. The van der Waals surface area contributed by atoms with Gasteiger partial charge in [0.05, 0.1) is 13.2 Å². The zero-order chi connectivity index (χ0) is 13.0. The highest BCUT2D eigenvalue weighted by atomic mass is 16.6. The first-order chi connectivity index (χ1) is 7.97. The second-order valence-electron chi connectivity index (χ2n) is 3.64. The summed E-state index contributed by atoms with van der Waals surface area (Å²) in [7, 11) is 0. The average Bonchev–Trinajstić information content (AvgIpc) is 2.24. The van der Waals surface area contributed by atoms with Crippen molar-refractivity contribution >= 4 is 11.9 Å². The van der Waals surface area contributed by atoms with Crippen molar-refractivity contribution in [2.75, 3.05) is 13.2 Å². The van der Waals surface area contributed by atoms with Crippen molar-refractivity contribution < 1.29 is 34.0 Å². The molecule has 1 rings (SSSR count). The number of carbonyl (C=O) groups is 2. The van der Waals surface area contributed by atoms with Crippen LogP contribution >= 0.6 is 0 Å². The van der Waals surface area contributed by atoms with E-state index in [2.05, 4.69) is 0 Å². The fourth-order valence-electron chi connectivity index (χ4n) is 1.54. The van der Waals surface area contributed by atoms with Gasteiger partial charge in [0.2, 0.25) is 0 Å². The molecular weight excluding hydrogens is 232 g/mol. The van der Waals surface area contributed by atoms with Gasteiger partial charge in [-0.1, -0.05) is 0 Å². The van der Waals surface area contributed by atoms with Gasteiger partial charge in [-0.25, -0.2) is 4.79 Å². The number of hydrogen-bond acceptors (Lipinski definition) is 7. The van der Waals surface area contributed by atoms with Crippen molar-refractivity contribution in [1.29, 1.82) is 0 Å². The van der Waals surface area contributed by atoms with Gasteiger partial charge >= 0.3 is 11.9 Å². The predicted molar refractivity (Wildman–Crippen MR) is 53.9 cm³/mol. The first-order valence-electron chi connectivity index (χ1n) is 5.29. The molecule has 0 saturated carbocycles. The van der Waals surface area contributed by atoms with Crippen LogP contribution in [0.1, 0.15) is 13.8 Å². The van der Waals surface area contributed by atoms with Crippen LogP contribution in [0.4, 0.5) is 0 Å². The first kappa shape index (κ1) is 13.9. The maximum Gasteiger partial charge on any atom is 0.339 e. The summed E-state index contributed by atoms with van der Waals surface area (Å²) in [4.78, 5) is 22.4. The van der Waals surface area contributed by atoms with E-state index in [9.17, 15) is 19.8 Å². The summed E-state index contributed by atoms with van der Waals surface area (Å²) in [5.41, 5.74) is 0. The van der Waals surface area contributed by atoms with Crippen LogP contribution in [0.2, 0.25) is 0 Å². The minimum absolute atomic E-state index is 0.143. The monoisotopic (exact) mass is 248 g/mol. The zero-order valence-corrected chi connectivity index (χ0v) is 9.66. The molecule has 0 amide bonds. The molecule has 1 aliphatic rings. The fourth-order valence-corrected chi connectivity index (χ4v) is 1.54. The van der Waals surface area contributed by atoms with Crippen LogP contribution in [-0.4, -0.2) is 59.8 Å². The van der Waals surface area contributed by atoms with Crippen molar-refractivity contribution in [2.24, 2.45) is 0 Å². The third-order valence-electron chi connectivity index (χ3n) is 2.30. The van der Waals surface area contributed by atoms with Gasteiger partial charge in [-0.05, 0) is 6.92 Å². The lowest BCUT2D eigenvalue weighted by Gasteiger charge is -2.35. The molecule has 1 saturated heterocycles. The summed E-state index contributed by atoms with van der Waals surface area (Å²) in [5.74, 6) is -1.41. The lowest BCUT2D eigenvalue weighted by atomic mass is 10.00. The summed E-state index contributed by atoms with van der Waals surface area (Å²) in [6.07, 6.45) is -5.04. The molecule has 7 heteroatoms. The standard InChI is InChI=1S/C10H16O7/c1-3-15-10(14)9-8(17-5(2)11)7(13)6(12)4-16-9/h6-9,12-13H,3-4H2,1-2H3/t6?,7-,8-,9?/m0/s1. The molecule has 4 atom stereocenters. The number of aliphatic hydroxyl groups excluding tert-OH is 2. The van der Waals surface area contributed by atoms with Crippen molar-refractivity contribution in [3.8, 4) is 0 Å². The molecule has 0 bridgehead atoms. The molecule has 7 nitrogen and oxygen atoms in total. The van der Waals surface area contributed by atoms with E-state index in [4.69, 9.17) is 14.2 Å². The number of carbonyl (C=O) groups excluding carboxylic acids is 2. The van der Waals surface area contributed by atoms with Gasteiger partial charge in [0.1, 0.15) is 12.2 Å². The molecule has 2 unspecified atom stereocenters. The van der Waals surface area contributed by atoms with Crippen LogP contribution < -0.4 is 0 Å².